The van der Waals surface area contributed by atoms with Crippen LogP contribution in [-0.2, 0) is 0 Å². The van der Waals surface area contributed by atoms with Crippen molar-refractivity contribution < 1.29 is 0 Å². The van der Waals surface area contributed by atoms with Gasteiger partial charge in [0.25, 0.3) is 0 Å². The molecular weight excluding hydrogens is 310 g/mol. The summed E-state index contributed by atoms with van der Waals surface area (Å²) in [6.07, 6.45) is 0. The highest BCUT2D eigenvalue weighted by atomic mass is 79.9. The fraction of sp³-hybridized carbons (Fsp3) is 0.200. The van der Waals surface area contributed by atoms with Crippen LogP contribution in [0, 0.1) is 6.92 Å². The molecule has 0 saturated heterocycles. The lowest BCUT2D eigenvalue weighted by Gasteiger charge is -2.18. The fourth-order valence-electron chi connectivity index (χ4n) is 1.83. The quantitative estimate of drug-likeness (QED) is 0.776. The van der Waals surface area contributed by atoms with Crippen LogP contribution in [0.1, 0.15) is 24.1 Å². The highest BCUT2D eigenvalue weighted by Crippen LogP contribution is 2.27. The molecule has 2 aromatic rings. The predicted molar refractivity (Wildman–Crippen MR) is 82.4 cm³/mol. The van der Waals surface area contributed by atoms with Gasteiger partial charge in [0, 0.05) is 21.2 Å². The molecule has 0 heterocycles. The minimum atomic E-state index is 0.246. The molecule has 1 unspecified atom stereocenters. The first-order chi connectivity index (χ1) is 8.58. The standard InChI is InChI=1S/C15H15BrClN/c1-10-14(17)4-3-5-15(10)18-11(2)12-6-8-13(16)9-7-12/h3-9,11,18H,1-2H3. The van der Waals surface area contributed by atoms with Crippen molar-refractivity contribution in [2.24, 2.45) is 0 Å². The van der Waals surface area contributed by atoms with Crippen molar-refractivity contribution in [3.8, 4) is 0 Å². The molecule has 1 atom stereocenters. The lowest BCUT2D eigenvalue weighted by atomic mass is 10.1. The SMILES string of the molecule is Cc1c(Cl)cccc1NC(C)c1ccc(Br)cc1. The Morgan fingerprint density at radius 2 is 1.78 bits per heavy atom. The van der Waals surface area contributed by atoms with Crippen molar-refractivity contribution in [1.82, 2.24) is 0 Å². The first-order valence-electron chi connectivity index (χ1n) is 5.85. The lowest BCUT2D eigenvalue weighted by Crippen LogP contribution is -2.07. The summed E-state index contributed by atoms with van der Waals surface area (Å²) in [7, 11) is 0. The van der Waals surface area contributed by atoms with E-state index in [1.807, 2.05) is 19.1 Å². The number of nitrogens with one attached hydrogen (secondary N) is 1. The van der Waals surface area contributed by atoms with Gasteiger partial charge in [-0.2, -0.15) is 0 Å². The molecule has 0 aliphatic carbocycles. The summed E-state index contributed by atoms with van der Waals surface area (Å²) in [6, 6.07) is 14.5. The van der Waals surface area contributed by atoms with Gasteiger partial charge in [0.05, 0.1) is 0 Å². The molecule has 0 spiro atoms. The third-order valence-electron chi connectivity index (χ3n) is 3.01. The van der Waals surface area contributed by atoms with Gasteiger partial charge in [-0.3, -0.25) is 0 Å². The summed E-state index contributed by atoms with van der Waals surface area (Å²) >= 11 is 9.56. The Morgan fingerprint density at radius 1 is 1.11 bits per heavy atom. The van der Waals surface area contributed by atoms with Crippen LogP contribution < -0.4 is 5.32 Å². The molecule has 1 N–H and O–H groups in total. The number of halogens is 2. The molecule has 0 bridgehead atoms. The third-order valence-corrected chi connectivity index (χ3v) is 3.95. The maximum absolute atomic E-state index is 6.12. The van der Waals surface area contributed by atoms with E-state index in [4.69, 9.17) is 11.6 Å². The fourth-order valence-corrected chi connectivity index (χ4v) is 2.27. The molecule has 2 rings (SSSR count). The van der Waals surface area contributed by atoms with Crippen LogP contribution in [0.15, 0.2) is 46.9 Å². The van der Waals surface area contributed by atoms with E-state index in [1.54, 1.807) is 0 Å². The minimum Gasteiger partial charge on any atom is -0.378 e. The average Bonchev–Trinajstić information content (AvgIpc) is 2.36. The second kappa shape index (κ2) is 5.77. The number of benzene rings is 2. The Hall–Kier alpha value is -0.990. The smallest absolute Gasteiger partial charge is 0.0485 e. The zero-order chi connectivity index (χ0) is 13.1. The first-order valence-corrected chi connectivity index (χ1v) is 7.02. The first kappa shape index (κ1) is 13.4. The van der Waals surface area contributed by atoms with Crippen molar-refractivity contribution in [3.63, 3.8) is 0 Å². The molecule has 2 aromatic carbocycles. The van der Waals surface area contributed by atoms with Crippen LogP contribution in [0.2, 0.25) is 5.02 Å². The zero-order valence-corrected chi connectivity index (χ0v) is 12.7. The molecule has 0 aromatic heterocycles. The van der Waals surface area contributed by atoms with Crippen LogP contribution in [0.3, 0.4) is 0 Å². The summed E-state index contributed by atoms with van der Waals surface area (Å²) in [6.45, 7) is 4.17. The Morgan fingerprint density at radius 3 is 2.44 bits per heavy atom. The van der Waals surface area contributed by atoms with Crippen LogP contribution in [-0.4, -0.2) is 0 Å². The van der Waals surface area contributed by atoms with Crippen LogP contribution in [0.4, 0.5) is 5.69 Å². The average molecular weight is 325 g/mol. The molecule has 3 heteroatoms. The maximum atomic E-state index is 6.12. The van der Waals surface area contributed by atoms with E-state index >= 15 is 0 Å². The Balaban J connectivity index is 2.18. The van der Waals surface area contributed by atoms with E-state index in [0.29, 0.717) is 0 Å². The van der Waals surface area contributed by atoms with Gasteiger partial charge in [-0.25, -0.2) is 0 Å². The van der Waals surface area contributed by atoms with Crippen molar-refractivity contribution in [2.75, 3.05) is 5.32 Å². The highest BCUT2D eigenvalue weighted by molar-refractivity contribution is 9.10. The van der Waals surface area contributed by atoms with E-state index in [1.165, 1.54) is 5.56 Å². The summed E-state index contributed by atoms with van der Waals surface area (Å²) < 4.78 is 1.09. The number of hydrogen-bond acceptors (Lipinski definition) is 1. The van der Waals surface area contributed by atoms with Gasteiger partial charge in [0.1, 0.15) is 0 Å². The number of hydrogen-bond donors (Lipinski definition) is 1. The summed E-state index contributed by atoms with van der Waals surface area (Å²) in [5.41, 5.74) is 3.42. The minimum absolute atomic E-state index is 0.246. The Labute approximate surface area is 121 Å². The highest BCUT2D eigenvalue weighted by Gasteiger charge is 2.08. The van der Waals surface area contributed by atoms with Gasteiger partial charge in [-0.1, -0.05) is 45.7 Å². The molecule has 0 radical (unpaired) electrons. The van der Waals surface area contributed by atoms with E-state index in [-0.39, 0.29) is 6.04 Å². The van der Waals surface area contributed by atoms with E-state index in [2.05, 4.69) is 58.5 Å². The molecular formula is C15H15BrClN. The monoisotopic (exact) mass is 323 g/mol. The van der Waals surface area contributed by atoms with Gasteiger partial charge in [0.15, 0.2) is 0 Å². The molecule has 0 aliphatic heterocycles. The summed E-state index contributed by atoms with van der Waals surface area (Å²) in [5.74, 6) is 0. The zero-order valence-electron chi connectivity index (χ0n) is 10.4. The number of anilines is 1. The normalized spacial score (nSPS) is 12.2. The van der Waals surface area contributed by atoms with Crippen LogP contribution in [0.25, 0.3) is 0 Å². The van der Waals surface area contributed by atoms with Crippen molar-refractivity contribution >= 4 is 33.2 Å². The van der Waals surface area contributed by atoms with Gasteiger partial charge in [0.2, 0.25) is 0 Å². The van der Waals surface area contributed by atoms with Crippen molar-refractivity contribution in [3.05, 3.63) is 63.1 Å². The van der Waals surface area contributed by atoms with Crippen LogP contribution >= 0.6 is 27.5 Å². The Bertz CT molecular complexity index is 537. The van der Waals surface area contributed by atoms with E-state index < -0.39 is 0 Å². The van der Waals surface area contributed by atoms with E-state index in [9.17, 15) is 0 Å². The summed E-state index contributed by atoms with van der Waals surface area (Å²) in [5, 5.41) is 4.28. The molecule has 18 heavy (non-hydrogen) atoms. The van der Waals surface area contributed by atoms with Crippen LogP contribution in [0.5, 0.6) is 0 Å². The maximum Gasteiger partial charge on any atom is 0.0485 e. The molecule has 0 saturated carbocycles. The molecule has 0 aliphatic rings. The van der Waals surface area contributed by atoms with Gasteiger partial charge in [-0.05, 0) is 49.2 Å². The second-order valence-corrected chi connectivity index (χ2v) is 5.65. The third kappa shape index (κ3) is 3.06. The van der Waals surface area contributed by atoms with Crippen molar-refractivity contribution in [1.29, 1.82) is 0 Å². The predicted octanol–water partition coefficient (Wildman–Crippen LogP) is 5.58. The topological polar surface area (TPSA) is 12.0 Å². The van der Waals surface area contributed by atoms with Gasteiger partial charge >= 0.3 is 0 Å². The molecule has 94 valence electrons. The van der Waals surface area contributed by atoms with E-state index in [0.717, 1.165) is 20.7 Å². The Kier molecular flexibility index (Phi) is 4.31. The van der Waals surface area contributed by atoms with Gasteiger partial charge < -0.3 is 5.32 Å². The number of rotatable bonds is 3. The molecule has 0 amide bonds. The lowest BCUT2D eigenvalue weighted by molar-refractivity contribution is 0.882. The summed E-state index contributed by atoms with van der Waals surface area (Å²) in [4.78, 5) is 0. The molecule has 1 nitrogen and oxygen atoms in total. The van der Waals surface area contributed by atoms with Gasteiger partial charge in [-0.15, -0.1) is 0 Å². The molecule has 0 fully saturated rings. The largest absolute Gasteiger partial charge is 0.378 e. The second-order valence-electron chi connectivity index (χ2n) is 4.33. The van der Waals surface area contributed by atoms with Crippen molar-refractivity contribution in [2.45, 2.75) is 19.9 Å².